The Balaban J connectivity index is 1.67. The molecule has 39 heavy (non-hydrogen) atoms. The van der Waals surface area contributed by atoms with Gasteiger partial charge in [0.15, 0.2) is 5.13 Å². The number of benzene rings is 2. The molecule has 1 amide bonds. The summed E-state index contributed by atoms with van der Waals surface area (Å²) in [6, 6.07) is 15.6. The highest BCUT2D eigenvalue weighted by atomic mass is 32.2. The van der Waals surface area contributed by atoms with E-state index in [9.17, 15) is 13.2 Å². The second-order valence-corrected chi connectivity index (χ2v) is 11.9. The van der Waals surface area contributed by atoms with E-state index < -0.39 is 10.0 Å². The van der Waals surface area contributed by atoms with Gasteiger partial charge in [-0.2, -0.15) is 4.31 Å². The topological polar surface area (TPSA) is 102 Å². The van der Waals surface area contributed by atoms with Crippen molar-refractivity contribution < 1.29 is 22.7 Å². The van der Waals surface area contributed by atoms with Gasteiger partial charge in [-0.3, -0.25) is 14.7 Å². The molecule has 0 saturated heterocycles. The molecule has 0 radical (unpaired) electrons. The minimum Gasteiger partial charge on any atom is -0.383 e. The summed E-state index contributed by atoms with van der Waals surface area (Å²) < 4.78 is 39.0. The predicted octanol–water partition coefficient (Wildman–Crippen LogP) is 4.44. The zero-order valence-electron chi connectivity index (χ0n) is 22.5. The minimum atomic E-state index is -3.81. The van der Waals surface area contributed by atoms with Crippen LogP contribution < -0.4 is 4.90 Å². The van der Waals surface area contributed by atoms with Crippen molar-refractivity contribution in [2.45, 2.75) is 25.3 Å². The monoisotopic (exact) mass is 568 g/mol. The summed E-state index contributed by atoms with van der Waals surface area (Å²) >= 11 is 1.44. The van der Waals surface area contributed by atoms with Crippen molar-refractivity contribution in [1.82, 2.24) is 14.3 Å². The number of aryl methyl sites for hydroxylation is 2. The van der Waals surface area contributed by atoms with Crippen molar-refractivity contribution >= 4 is 42.6 Å². The maximum Gasteiger partial charge on any atom is 0.260 e. The lowest BCUT2D eigenvalue weighted by Gasteiger charge is -2.22. The number of hydrogen-bond donors (Lipinski definition) is 0. The first-order valence-corrected chi connectivity index (χ1v) is 14.7. The molecule has 0 atom stereocenters. The van der Waals surface area contributed by atoms with Crippen LogP contribution in [0.1, 0.15) is 27.2 Å². The fourth-order valence-corrected chi connectivity index (χ4v) is 6.45. The molecule has 0 bridgehead atoms. The molecule has 4 aromatic rings. The number of fused-ring (bicyclic) bond motifs is 1. The first kappa shape index (κ1) is 28.8. The summed E-state index contributed by atoms with van der Waals surface area (Å²) in [6.07, 6.45) is 1.68. The van der Waals surface area contributed by atoms with Gasteiger partial charge in [0.25, 0.3) is 5.91 Å². The Kier molecular flexibility index (Phi) is 9.41. The molecule has 4 rings (SSSR count). The van der Waals surface area contributed by atoms with E-state index in [0.29, 0.717) is 16.4 Å². The average molecular weight is 569 g/mol. The average Bonchev–Trinajstić information content (AvgIpc) is 3.39. The highest BCUT2D eigenvalue weighted by molar-refractivity contribution is 7.89. The number of hydrogen-bond acceptors (Lipinski definition) is 8. The van der Waals surface area contributed by atoms with Crippen LogP contribution in [0.15, 0.2) is 65.7 Å². The molecule has 0 saturated carbocycles. The highest BCUT2D eigenvalue weighted by Crippen LogP contribution is 2.33. The smallest absolute Gasteiger partial charge is 0.260 e. The molecule has 0 aliphatic rings. The summed E-state index contributed by atoms with van der Waals surface area (Å²) in [5, 5.41) is 0.552. The zero-order valence-corrected chi connectivity index (χ0v) is 24.1. The second-order valence-electron chi connectivity index (χ2n) is 8.98. The van der Waals surface area contributed by atoms with Gasteiger partial charge >= 0.3 is 0 Å². The van der Waals surface area contributed by atoms with Crippen LogP contribution in [-0.2, 0) is 26.0 Å². The number of methoxy groups -OCH3 is 2. The predicted molar refractivity (Wildman–Crippen MR) is 153 cm³/mol. The van der Waals surface area contributed by atoms with Gasteiger partial charge < -0.3 is 9.47 Å². The van der Waals surface area contributed by atoms with Gasteiger partial charge in [-0.1, -0.05) is 23.5 Å². The Hall–Kier alpha value is -3.22. The summed E-state index contributed by atoms with van der Waals surface area (Å²) in [4.78, 5) is 24.7. The highest BCUT2D eigenvalue weighted by Gasteiger charge is 2.26. The minimum absolute atomic E-state index is 0.0913. The van der Waals surface area contributed by atoms with E-state index in [2.05, 4.69) is 4.98 Å². The van der Waals surface area contributed by atoms with Gasteiger partial charge in [0.05, 0.1) is 40.6 Å². The van der Waals surface area contributed by atoms with Gasteiger partial charge in [0.1, 0.15) is 0 Å². The summed E-state index contributed by atoms with van der Waals surface area (Å²) in [5.41, 5.74) is 4.12. The van der Waals surface area contributed by atoms with Crippen LogP contribution in [-0.4, -0.2) is 69.1 Å². The maximum atomic E-state index is 13.8. The first-order chi connectivity index (χ1) is 18.8. The van der Waals surface area contributed by atoms with Crippen LogP contribution in [0.3, 0.4) is 0 Å². The lowest BCUT2D eigenvalue weighted by molar-refractivity contribution is 0.0984. The number of nitrogens with zero attached hydrogens (tertiary/aromatic N) is 4. The molecule has 0 fully saturated rings. The third-order valence-corrected chi connectivity index (χ3v) is 9.38. The van der Waals surface area contributed by atoms with Gasteiger partial charge in [-0.25, -0.2) is 13.4 Å². The van der Waals surface area contributed by atoms with Crippen LogP contribution in [0.4, 0.5) is 5.13 Å². The molecule has 2 aromatic carbocycles. The van der Waals surface area contributed by atoms with Crippen LogP contribution in [0.25, 0.3) is 10.2 Å². The molecule has 9 nitrogen and oxygen atoms in total. The molecular formula is C28H32N4O5S2. The molecule has 2 aromatic heterocycles. The largest absolute Gasteiger partial charge is 0.383 e. The number of carbonyl (C=O) groups excluding carboxylic acids is 1. The molecule has 0 unspecified atom stereocenters. The van der Waals surface area contributed by atoms with Crippen molar-refractivity contribution in [3.63, 3.8) is 0 Å². The summed E-state index contributed by atoms with van der Waals surface area (Å²) in [7, 11) is -0.767. The van der Waals surface area contributed by atoms with Gasteiger partial charge in [-0.05, 0) is 67.4 Å². The van der Waals surface area contributed by atoms with Crippen molar-refractivity contribution in [2.24, 2.45) is 0 Å². The van der Waals surface area contributed by atoms with Gasteiger partial charge in [-0.15, -0.1) is 0 Å². The number of sulfonamides is 1. The molecule has 2 heterocycles. The van der Waals surface area contributed by atoms with Gasteiger partial charge in [0.2, 0.25) is 10.0 Å². The number of amides is 1. The van der Waals surface area contributed by atoms with Crippen molar-refractivity contribution in [1.29, 1.82) is 0 Å². The van der Waals surface area contributed by atoms with E-state index in [1.165, 1.54) is 54.1 Å². The fourth-order valence-electron chi connectivity index (χ4n) is 4.02. The van der Waals surface area contributed by atoms with E-state index in [-0.39, 0.29) is 43.7 Å². The standard InChI is InChI=1S/C28H32N4O5S2/c1-20-8-13-25-26(21(20)2)30-28(38-25)32(19-23-7-5-6-14-29-23)27(33)22-9-11-24(12-10-22)39(34,35)31(15-17-36-3)16-18-37-4/h5-14H,15-19H2,1-4H3. The molecule has 0 aliphatic heterocycles. The second kappa shape index (κ2) is 12.8. The van der Waals surface area contributed by atoms with E-state index in [1.807, 2.05) is 44.2 Å². The van der Waals surface area contributed by atoms with Crippen LogP contribution in [0, 0.1) is 13.8 Å². The lowest BCUT2D eigenvalue weighted by atomic mass is 10.1. The molecule has 0 N–H and O–H groups in total. The molecule has 0 aliphatic carbocycles. The van der Waals surface area contributed by atoms with E-state index in [1.54, 1.807) is 11.1 Å². The lowest BCUT2D eigenvalue weighted by Crippen LogP contribution is -2.36. The Morgan fingerprint density at radius 2 is 1.64 bits per heavy atom. The third kappa shape index (κ3) is 6.51. The van der Waals surface area contributed by atoms with E-state index in [4.69, 9.17) is 14.5 Å². The number of rotatable bonds is 12. The number of ether oxygens (including phenoxy) is 2. The van der Waals surface area contributed by atoms with Gasteiger partial charge in [0, 0.05) is 39.1 Å². The first-order valence-electron chi connectivity index (χ1n) is 12.4. The Morgan fingerprint density at radius 3 is 2.26 bits per heavy atom. The normalized spacial score (nSPS) is 11.8. The van der Waals surface area contributed by atoms with E-state index in [0.717, 1.165) is 21.3 Å². The van der Waals surface area contributed by atoms with Crippen LogP contribution in [0.2, 0.25) is 0 Å². The summed E-state index contributed by atoms with van der Waals surface area (Å²) in [6.45, 7) is 5.17. The Bertz CT molecular complexity index is 1520. The van der Waals surface area contributed by atoms with E-state index >= 15 is 0 Å². The number of anilines is 1. The zero-order chi connectivity index (χ0) is 28.0. The SMILES string of the molecule is COCCN(CCOC)S(=O)(=O)c1ccc(C(=O)N(Cc2ccccn2)c2nc3c(C)c(C)ccc3s2)cc1. The Morgan fingerprint density at radius 1 is 0.949 bits per heavy atom. The van der Waals surface area contributed by atoms with Crippen molar-refractivity contribution in [3.05, 3.63) is 83.2 Å². The van der Waals surface area contributed by atoms with Crippen LogP contribution >= 0.6 is 11.3 Å². The molecule has 206 valence electrons. The Labute approximate surface area is 233 Å². The van der Waals surface area contributed by atoms with Crippen molar-refractivity contribution in [2.75, 3.05) is 45.4 Å². The van der Waals surface area contributed by atoms with Crippen molar-refractivity contribution in [3.8, 4) is 0 Å². The fraction of sp³-hybridized carbons (Fsp3) is 0.321. The van der Waals surface area contributed by atoms with Crippen LogP contribution in [0.5, 0.6) is 0 Å². The number of aromatic nitrogens is 2. The molecule has 0 spiro atoms. The number of carbonyl (C=O) groups is 1. The maximum absolute atomic E-state index is 13.8. The summed E-state index contributed by atoms with van der Waals surface area (Å²) in [5.74, 6) is -0.298. The third-order valence-electron chi connectivity index (χ3n) is 6.42. The number of pyridine rings is 1. The quantitative estimate of drug-likeness (QED) is 0.249. The molecule has 11 heteroatoms. The number of thiazole rings is 1. The molecular weight excluding hydrogens is 536 g/mol.